The van der Waals surface area contributed by atoms with Crippen LogP contribution in [0.25, 0.3) is 10.4 Å². The second kappa shape index (κ2) is 9.23. The van der Waals surface area contributed by atoms with Crippen molar-refractivity contribution in [3.63, 3.8) is 0 Å². The van der Waals surface area contributed by atoms with E-state index in [0.717, 1.165) is 49.2 Å². The van der Waals surface area contributed by atoms with Gasteiger partial charge in [0.05, 0.1) is 14.6 Å². The van der Waals surface area contributed by atoms with Crippen LogP contribution in [0.1, 0.15) is 62.2 Å². The van der Waals surface area contributed by atoms with E-state index in [1.807, 2.05) is 17.2 Å². The van der Waals surface area contributed by atoms with Gasteiger partial charge in [-0.1, -0.05) is 12.1 Å². The summed E-state index contributed by atoms with van der Waals surface area (Å²) >= 11 is 2.74. The number of fused-ring (bicyclic) bond motifs is 1. The largest absolute Gasteiger partial charge is 0.506 e. The molecule has 2 aliphatic rings. The molecule has 1 aliphatic heterocycles. The van der Waals surface area contributed by atoms with E-state index < -0.39 is 0 Å². The lowest BCUT2D eigenvalue weighted by Gasteiger charge is -2.13. The van der Waals surface area contributed by atoms with Crippen molar-refractivity contribution in [2.75, 3.05) is 19.6 Å². The van der Waals surface area contributed by atoms with Crippen LogP contribution in [-0.4, -0.2) is 47.0 Å². The average molecular weight is 479 g/mol. The first-order chi connectivity index (χ1) is 16.0. The van der Waals surface area contributed by atoms with Crippen molar-refractivity contribution >= 4 is 40.1 Å². The highest BCUT2D eigenvalue weighted by Gasteiger charge is 2.22. The standard InChI is InChI=1S/C26H26N2O3S2/c1-16(20-15-32-25(24(20)30)19-8-7-17-5-4-6-18(17)13-19)27-14-21(29)22-9-10-23(33-22)26(31)28-11-2-3-12-28/h7-10,13,15,30H,2-6,11-12,14H2,1H3. The van der Waals surface area contributed by atoms with E-state index in [-0.39, 0.29) is 24.0 Å². The third-order valence-corrected chi connectivity index (χ3v) is 8.59. The second-order valence-corrected chi connectivity index (χ2v) is 10.6. The van der Waals surface area contributed by atoms with Crippen LogP contribution in [0.2, 0.25) is 0 Å². The lowest BCUT2D eigenvalue weighted by atomic mass is 10.0. The number of ketones is 1. The number of aryl methyl sites for hydroxylation is 2. The Bertz CT molecular complexity index is 1250. The Hall–Kier alpha value is -2.77. The van der Waals surface area contributed by atoms with Gasteiger partial charge in [-0.3, -0.25) is 14.6 Å². The highest BCUT2D eigenvalue weighted by Crippen LogP contribution is 2.40. The van der Waals surface area contributed by atoms with E-state index in [4.69, 9.17) is 0 Å². The number of rotatable bonds is 6. The van der Waals surface area contributed by atoms with E-state index in [1.54, 1.807) is 12.1 Å². The van der Waals surface area contributed by atoms with Crippen LogP contribution in [0.5, 0.6) is 5.75 Å². The van der Waals surface area contributed by atoms with Gasteiger partial charge in [-0.15, -0.1) is 22.7 Å². The van der Waals surface area contributed by atoms with Crippen LogP contribution < -0.4 is 0 Å². The minimum atomic E-state index is -0.117. The molecule has 1 aliphatic carbocycles. The summed E-state index contributed by atoms with van der Waals surface area (Å²) in [4.78, 5) is 33.5. The van der Waals surface area contributed by atoms with Gasteiger partial charge in [0.25, 0.3) is 5.91 Å². The molecular formula is C26H26N2O3S2. The first-order valence-corrected chi connectivity index (χ1v) is 13.1. The maximum Gasteiger partial charge on any atom is 0.263 e. The summed E-state index contributed by atoms with van der Waals surface area (Å²) in [6.07, 6.45) is 5.51. The number of hydrogen-bond acceptors (Lipinski definition) is 6. The third-order valence-electron chi connectivity index (χ3n) is 6.46. The number of benzene rings is 1. The summed E-state index contributed by atoms with van der Waals surface area (Å²) in [5, 5.41) is 12.8. The molecule has 1 aromatic carbocycles. The lowest BCUT2D eigenvalue weighted by Crippen LogP contribution is -2.26. The van der Waals surface area contributed by atoms with Crippen LogP contribution >= 0.6 is 22.7 Å². The quantitative estimate of drug-likeness (QED) is 0.370. The zero-order valence-corrected chi connectivity index (χ0v) is 20.2. The van der Waals surface area contributed by atoms with Crippen molar-refractivity contribution in [3.8, 4) is 16.2 Å². The summed E-state index contributed by atoms with van der Waals surface area (Å²) in [6.45, 7) is 3.40. The zero-order chi connectivity index (χ0) is 22.9. The van der Waals surface area contributed by atoms with Gasteiger partial charge in [0, 0.05) is 29.7 Å². The Kier molecular flexibility index (Phi) is 6.17. The van der Waals surface area contributed by atoms with Gasteiger partial charge in [-0.05, 0) is 73.9 Å². The van der Waals surface area contributed by atoms with Gasteiger partial charge in [0.15, 0.2) is 5.78 Å². The van der Waals surface area contributed by atoms with Gasteiger partial charge < -0.3 is 10.0 Å². The van der Waals surface area contributed by atoms with Crippen molar-refractivity contribution in [1.29, 1.82) is 0 Å². The molecule has 2 aromatic heterocycles. The topological polar surface area (TPSA) is 70.0 Å². The Morgan fingerprint density at radius 2 is 1.79 bits per heavy atom. The molecule has 0 unspecified atom stereocenters. The van der Waals surface area contributed by atoms with E-state index in [9.17, 15) is 14.7 Å². The number of carbonyl (C=O) groups excluding carboxylic acids is 2. The summed E-state index contributed by atoms with van der Waals surface area (Å²) in [6, 6.07) is 9.89. The summed E-state index contributed by atoms with van der Waals surface area (Å²) < 4.78 is 0. The summed E-state index contributed by atoms with van der Waals surface area (Å²) in [7, 11) is 0. The van der Waals surface area contributed by atoms with Crippen molar-refractivity contribution in [2.45, 2.75) is 39.0 Å². The molecule has 5 rings (SSSR count). The first kappa shape index (κ1) is 22.0. The van der Waals surface area contributed by atoms with E-state index in [2.05, 4.69) is 23.2 Å². The van der Waals surface area contributed by atoms with Crippen LogP contribution in [0.15, 0.2) is 40.7 Å². The number of Topliss-reactive ketones (excluding diaryl/α,β-unsaturated/α-hetero) is 1. The molecule has 3 aromatic rings. The molecule has 7 heteroatoms. The number of aliphatic imine (C=N–C) groups is 1. The first-order valence-electron chi connectivity index (χ1n) is 11.4. The Morgan fingerprint density at radius 1 is 1.03 bits per heavy atom. The fourth-order valence-corrected chi connectivity index (χ4v) is 6.46. The molecule has 1 N–H and O–H groups in total. The Balaban J connectivity index is 1.28. The molecule has 5 nitrogen and oxygen atoms in total. The minimum absolute atomic E-state index is 0.00679. The van der Waals surface area contributed by atoms with Crippen molar-refractivity contribution < 1.29 is 14.7 Å². The highest BCUT2D eigenvalue weighted by atomic mass is 32.1. The number of aromatic hydroxyl groups is 1. The SMILES string of the molecule is CC(=NCC(=O)c1ccc(C(=O)N2CCCC2)s1)c1csc(-c2ccc3c(c2)CCC3)c1O. The molecule has 1 amide bonds. The number of thiophene rings is 2. The van der Waals surface area contributed by atoms with E-state index in [0.29, 0.717) is 21.0 Å². The fourth-order valence-electron chi connectivity index (χ4n) is 4.56. The number of nitrogens with zero attached hydrogens (tertiary/aromatic N) is 2. The van der Waals surface area contributed by atoms with E-state index in [1.165, 1.54) is 40.2 Å². The summed E-state index contributed by atoms with van der Waals surface area (Å²) in [5.41, 5.74) is 5.11. The third kappa shape index (κ3) is 4.39. The van der Waals surface area contributed by atoms with Gasteiger partial charge >= 0.3 is 0 Å². The molecule has 170 valence electrons. The summed E-state index contributed by atoms with van der Waals surface area (Å²) in [5.74, 6) is 0.119. The van der Waals surface area contributed by atoms with Crippen LogP contribution in [-0.2, 0) is 12.8 Å². The monoisotopic (exact) mass is 478 g/mol. The Morgan fingerprint density at radius 3 is 2.61 bits per heavy atom. The molecular weight excluding hydrogens is 452 g/mol. The average Bonchev–Trinajstić information content (AvgIpc) is 3.62. The predicted molar refractivity (Wildman–Crippen MR) is 134 cm³/mol. The van der Waals surface area contributed by atoms with Gasteiger partial charge in [-0.25, -0.2) is 0 Å². The molecule has 0 radical (unpaired) electrons. The zero-order valence-electron chi connectivity index (χ0n) is 18.6. The fraction of sp³-hybridized carbons (Fsp3) is 0.346. The van der Waals surface area contributed by atoms with Crippen molar-refractivity contribution in [3.05, 3.63) is 62.2 Å². The Labute approximate surface area is 201 Å². The van der Waals surface area contributed by atoms with Crippen molar-refractivity contribution in [2.24, 2.45) is 4.99 Å². The number of likely N-dealkylation sites (tertiary alicyclic amines) is 1. The van der Waals surface area contributed by atoms with E-state index >= 15 is 0 Å². The minimum Gasteiger partial charge on any atom is -0.506 e. The predicted octanol–water partition coefficient (Wildman–Crippen LogP) is 5.60. The molecule has 3 heterocycles. The molecule has 1 fully saturated rings. The highest BCUT2D eigenvalue weighted by molar-refractivity contribution is 7.16. The maximum absolute atomic E-state index is 12.7. The van der Waals surface area contributed by atoms with Gasteiger partial charge in [0.2, 0.25) is 0 Å². The normalized spacial score (nSPS) is 15.8. The smallest absolute Gasteiger partial charge is 0.263 e. The molecule has 1 saturated heterocycles. The van der Waals surface area contributed by atoms with Crippen molar-refractivity contribution in [1.82, 2.24) is 4.90 Å². The van der Waals surface area contributed by atoms with Crippen LogP contribution in [0, 0.1) is 0 Å². The molecule has 0 atom stereocenters. The molecule has 0 spiro atoms. The van der Waals surface area contributed by atoms with Gasteiger partial charge in [-0.2, -0.15) is 0 Å². The number of carbonyl (C=O) groups is 2. The molecule has 0 bridgehead atoms. The lowest BCUT2D eigenvalue weighted by molar-refractivity contribution is 0.0797. The van der Waals surface area contributed by atoms with Crippen LogP contribution in [0.4, 0.5) is 0 Å². The molecule has 0 saturated carbocycles. The van der Waals surface area contributed by atoms with Gasteiger partial charge in [0.1, 0.15) is 12.3 Å². The maximum atomic E-state index is 12.7. The second-order valence-electron chi connectivity index (χ2n) is 8.65. The molecule has 33 heavy (non-hydrogen) atoms. The van der Waals surface area contributed by atoms with Crippen LogP contribution in [0.3, 0.4) is 0 Å². The number of amides is 1. The number of hydrogen-bond donors (Lipinski definition) is 1.